The molecule has 10 heteroatoms. The Balaban J connectivity index is 2.02. The van der Waals surface area contributed by atoms with Crippen LogP contribution in [0.2, 0.25) is 0 Å². The van der Waals surface area contributed by atoms with Crippen molar-refractivity contribution in [3.05, 3.63) is 48.1 Å². The number of methoxy groups -OCH3 is 2. The van der Waals surface area contributed by atoms with Crippen LogP contribution in [0.3, 0.4) is 0 Å². The fourth-order valence-electron chi connectivity index (χ4n) is 3.81. The Morgan fingerprint density at radius 3 is 2.58 bits per heavy atom. The highest BCUT2D eigenvalue weighted by Crippen LogP contribution is 2.43. The molecule has 1 aromatic carbocycles. The fourth-order valence-corrected chi connectivity index (χ4v) is 7.61. The second-order valence-electron chi connectivity index (χ2n) is 7.79. The highest BCUT2D eigenvalue weighted by Gasteiger charge is 2.38. The summed E-state index contributed by atoms with van der Waals surface area (Å²) < 4.78 is 32.1. The number of aromatic nitrogens is 4. The number of para-hydroxylation sites is 1. The van der Waals surface area contributed by atoms with Gasteiger partial charge in [0.25, 0.3) is 0 Å². The van der Waals surface area contributed by atoms with Gasteiger partial charge in [0, 0.05) is 39.2 Å². The van der Waals surface area contributed by atoms with Gasteiger partial charge in [-0.25, -0.2) is 9.67 Å². The van der Waals surface area contributed by atoms with Crippen molar-refractivity contribution in [1.82, 2.24) is 19.3 Å². The van der Waals surface area contributed by atoms with E-state index in [1.54, 1.807) is 31.4 Å². The second kappa shape index (κ2) is 7.86. The smallest absolute Gasteiger partial charge is 0.174 e. The first-order chi connectivity index (χ1) is 14.8. The molecular weight excluding hydrogens is 434 g/mol. The van der Waals surface area contributed by atoms with Crippen molar-refractivity contribution in [2.24, 2.45) is 7.05 Å². The molecule has 8 nitrogen and oxygen atoms in total. The number of rotatable bonds is 8. The molecule has 0 saturated carbocycles. The number of nitrogens with zero attached hydrogens (tertiary/aromatic N) is 5. The van der Waals surface area contributed by atoms with E-state index in [0.29, 0.717) is 6.73 Å². The average molecular weight is 462 g/mol. The minimum Gasteiger partial charge on any atom is -0.364 e. The molecule has 0 saturated heterocycles. The van der Waals surface area contributed by atoms with Gasteiger partial charge in [0.1, 0.15) is 19.8 Å². The van der Waals surface area contributed by atoms with Gasteiger partial charge in [-0.2, -0.15) is 5.10 Å². The summed E-state index contributed by atoms with van der Waals surface area (Å²) in [6, 6.07) is 11.9. The summed E-state index contributed by atoms with van der Waals surface area (Å²) in [5.41, 5.74) is 2.58. The molecule has 0 atom stereocenters. The van der Waals surface area contributed by atoms with Gasteiger partial charge in [0.15, 0.2) is 5.82 Å². The van der Waals surface area contributed by atoms with Gasteiger partial charge in [-0.1, -0.05) is 18.2 Å². The van der Waals surface area contributed by atoms with Gasteiger partial charge in [0.05, 0.1) is 21.1 Å². The van der Waals surface area contributed by atoms with E-state index in [2.05, 4.69) is 16.1 Å². The maximum Gasteiger partial charge on any atom is 0.174 e. The Labute approximate surface area is 185 Å². The standard InChI is InChI=1S/C21H27N5O3S2/c1-24-21(22-13-23-24)18-12-16-8-6-9-17(20(16)25(18)14-28-2)26(15-29-3)31(4,5,27)19-10-7-11-30-19/h6-13H,14-15H2,1-5H3. The topological polar surface area (TPSA) is 74.4 Å². The van der Waals surface area contributed by atoms with E-state index in [9.17, 15) is 4.21 Å². The van der Waals surface area contributed by atoms with Crippen LogP contribution in [-0.4, -0.2) is 57.0 Å². The lowest BCUT2D eigenvalue weighted by atomic mass is 10.2. The fraction of sp³-hybridized carbons (Fsp3) is 0.333. The van der Waals surface area contributed by atoms with Crippen LogP contribution in [0.25, 0.3) is 22.4 Å². The van der Waals surface area contributed by atoms with Crippen molar-refractivity contribution in [3.63, 3.8) is 0 Å². The molecule has 3 heterocycles. The number of fused-ring (bicyclic) bond motifs is 1. The number of aryl methyl sites for hydroxylation is 1. The van der Waals surface area contributed by atoms with Gasteiger partial charge in [-0.05, 0) is 32.8 Å². The first kappa shape index (κ1) is 21.7. The summed E-state index contributed by atoms with van der Waals surface area (Å²) in [6.45, 7) is 0.481. The van der Waals surface area contributed by atoms with E-state index in [0.717, 1.165) is 32.3 Å². The monoisotopic (exact) mass is 461 g/mol. The Kier molecular flexibility index (Phi) is 5.50. The van der Waals surface area contributed by atoms with Crippen LogP contribution in [0, 0.1) is 0 Å². The maximum absolute atomic E-state index is 14.5. The zero-order valence-electron chi connectivity index (χ0n) is 18.3. The van der Waals surface area contributed by atoms with E-state index < -0.39 is 9.25 Å². The van der Waals surface area contributed by atoms with Crippen LogP contribution in [0.5, 0.6) is 0 Å². The molecule has 0 unspecified atom stereocenters. The van der Waals surface area contributed by atoms with Gasteiger partial charge in [0.2, 0.25) is 0 Å². The summed E-state index contributed by atoms with van der Waals surface area (Å²) in [4.78, 5) is 4.42. The lowest BCUT2D eigenvalue weighted by Crippen LogP contribution is -2.50. The Morgan fingerprint density at radius 2 is 1.97 bits per heavy atom. The van der Waals surface area contributed by atoms with Crippen LogP contribution in [0.15, 0.2) is 52.3 Å². The third kappa shape index (κ3) is 3.59. The quantitative estimate of drug-likeness (QED) is 0.375. The molecular formula is C21H27N5O3S2. The van der Waals surface area contributed by atoms with Crippen LogP contribution in [-0.2, 0) is 32.5 Å². The van der Waals surface area contributed by atoms with E-state index in [-0.39, 0.29) is 6.73 Å². The molecule has 0 bridgehead atoms. The number of hydrogen-bond donors (Lipinski definition) is 0. The highest BCUT2D eigenvalue weighted by atomic mass is 32.3. The molecule has 0 aliphatic heterocycles. The molecule has 3 aromatic heterocycles. The number of hydrogen-bond acceptors (Lipinski definition) is 6. The van der Waals surface area contributed by atoms with Crippen LogP contribution >= 0.6 is 11.3 Å². The van der Waals surface area contributed by atoms with Gasteiger partial charge in [-0.15, -0.1) is 11.3 Å². The molecule has 0 fully saturated rings. The van der Waals surface area contributed by atoms with Crippen LogP contribution in [0.4, 0.5) is 5.69 Å². The third-order valence-corrected chi connectivity index (χ3v) is 10.6. The average Bonchev–Trinajstić information content (AvgIpc) is 3.46. The lowest BCUT2D eigenvalue weighted by molar-refractivity contribution is 0.136. The molecule has 0 N–H and O–H groups in total. The molecule has 0 aliphatic rings. The predicted molar refractivity (Wildman–Crippen MR) is 126 cm³/mol. The summed E-state index contributed by atoms with van der Waals surface area (Å²) in [6.07, 6.45) is 5.13. The summed E-state index contributed by atoms with van der Waals surface area (Å²) in [5.74, 6) is 0.724. The molecule has 166 valence electrons. The maximum atomic E-state index is 14.5. The Morgan fingerprint density at radius 1 is 1.16 bits per heavy atom. The van der Waals surface area contributed by atoms with Crippen molar-refractivity contribution >= 4 is 37.2 Å². The minimum atomic E-state index is -3.45. The molecule has 0 radical (unpaired) electrons. The highest BCUT2D eigenvalue weighted by molar-refractivity contribution is 8.21. The van der Waals surface area contributed by atoms with Gasteiger partial charge < -0.3 is 14.0 Å². The summed E-state index contributed by atoms with van der Waals surface area (Å²) in [7, 11) is 1.67. The van der Waals surface area contributed by atoms with E-state index in [1.165, 1.54) is 17.7 Å². The number of thiophene rings is 1. The predicted octanol–water partition coefficient (Wildman–Crippen LogP) is 3.57. The zero-order valence-corrected chi connectivity index (χ0v) is 19.9. The first-order valence-corrected chi connectivity index (χ1v) is 13.3. The molecule has 31 heavy (non-hydrogen) atoms. The van der Waals surface area contributed by atoms with Crippen molar-refractivity contribution in [2.75, 3.05) is 37.8 Å². The largest absolute Gasteiger partial charge is 0.364 e. The summed E-state index contributed by atoms with van der Waals surface area (Å²) >= 11 is 1.49. The first-order valence-electron chi connectivity index (χ1n) is 9.64. The number of ether oxygens (including phenoxy) is 2. The van der Waals surface area contributed by atoms with E-state index >= 15 is 0 Å². The van der Waals surface area contributed by atoms with Gasteiger partial charge in [-0.3, -0.25) is 8.51 Å². The summed E-state index contributed by atoms with van der Waals surface area (Å²) in [5, 5.41) is 7.15. The second-order valence-corrected chi connectivity index (χ2v) is 13.4. The Bertz CT molecular complexity index is 1270. The number of anilines is 1. The lowest BCUT2D eigenvalue weighted by Gasteiger charge is -2.45. The van der Waals surface area contributed by atoms with Crippen LogP contribution < -0.4 is 4.31 Å². The molecule has 4 aromatic rings. The minimum absolute atomic E-state index is 0.173. The molecule has 0 aliphatic carbocycles. The molecule has 4 rings (SSSR count). The molecule has 0 spiro atoms. The molecule has 0 amide bonds. The third-order valence-electron chi connectivity index (χ3n) is 5.32. The SMILES string of the molecule is COCN(c1cccc2cc(-c3ncnn3C)n(COC)c12)S(C)(C)(=O)c1cccs1. The zero-order chi connectivity index (χ0) is 22.2. The van der Waals surface area contributed by atoms with Crippen molar-refractivity contribution in [3.8, 4) is 11.5 Å². The Hall–Kier alpha value is -2.53. The van der Waals surface area contributed by atoms with Crippen molar-refractivity contribution < 1.29 is 13.7 Å². The van der Waals surface area contributed by atoms with E-state index in [1.807, 2.05) is 51.6 Å². The van der Waals surface area contributed by atoms with Crippen molar-refractivity contribution in [2.45, 2.75) is 10.9 Å². The van der Waals surface area contributed by atoms with Crippen molar-refractivity contribution in [1.29, 1.82) is 0 Å². The normalized spacial score (nSPS) is 13.4. The number of benzene rings is 1. The van der Waals surface area contributed by atoms with E-state index in [4.69, 9.17) is 9.47 Å². The van der Waals surface area contributed by atoms with Gasteiger partial charge >= 0.3 is 0 Å². The van der Waals surface area contributed by atoms with Crippen LogP contribution in [0.1, 0.15) is 0 Å².